The van der Waals surface area contributed by atoms with E-state index in [1.165, 1.54) is 16.2 Å². The van der Waals surface area contributed by atoms with Gasteiger partial charge in [-0.25, -0.2) is 4.90 Å². The highest BCUT2D eigenvalue weighted by Gasteiger charge is 2.40. The minimum Gasteiger partial charge on any atom is -0.350 e. The van der Waals surface area contributed by atoms with Crippen LogP contribution in [0.1, 0.15) is 16.0 Å². The van der Waals surface area contributed by atoms with E-state index in [9.17, 15) is 9.59 Å². The lowest BCUT2D eigenvalue weighted by atomic mass is 10.1. The van der Waals surface area contributed by atoms with Crippen molar-refractivity contribution in [2.24, 2.45) is 0 Å². The Hall–Kier alpha value is -2.89. The number of benzene rings is 2. The molecule has 2 heterocycles. The molecular weight excluding hydrogens is 392 g/mol. The Morgan fingerprint density at radius 3 is 2.46 bits per heavy atom. The maximum atomic E-state index is 13.3. The van der Waals surface area contributed by atoms with Crippen LogP contribution in [0, 0.1) is 13.8 Å². The van der Waals surface area contributed by atoms with E-state index in [4.69, 9.17) is 11.6 Å². The first-order valence-corrected chi connectivity index (χ1v) is 9.98. The minimum atomic E-state index is -0.394. The topological polar surface area (TPSA) is 49.4 Å². The van der Waals surface area contributed by atoms with Crippen LogP contribution >= 0.6 is 22.9 Å². The predicted molar refractivity (Wildman–Crippen MR) is 115 cm³/mol. The van der Waals surface area contributed by atoms with Gasteiger partial charge in [-0.15, -0.1) is 11.3 Å². The van der Waals surface area contributed by atoms with Crippen molar-refractivity contribution in [3.8, 4) is 0 Å². The zero-order valence-electron chi connectivity index (χ0n) is 15.3. The number of aryl methyl sites for hydroxylation is 2. The fourth-order valence-corrected chi connectivity index (χ4v) is 4.06. The van der Waals surface area contributed by atoms with E-state index in [-0.39, 0.29) is 11.6 Å². The number of amides is 2. The molecule has 0 bridgehead atoms. The number of imide groups is 1. The lowest BCUT2D eigenvalue weighted by Crippen LogP contribution is -2.32. The van der Waals surface area contributed by atoms with Crippen LogP contribution < -0.4 is 10.2 Å². The van der Waals surface area contributed by atoms with E-state index in [2.05, 4.69) is 5.32 Å². The number of nitrogens with zero attached hydrogens (tertiary/aromatic N) is 1. The average molecular weight is 409 g/mol. The molecule has 0 saturated heterocycles. The molecule has 1 aliphatic heterocycles. The molecule has 4 nitrogen and oxygen atoms in total. The summed E-state index contributed by atoms with van der Waals surface area (Å²) in [5.74, 6) is -0.752. The van der Waals surface area contributed by atoms with E-state index in [1.54, 1.807) is 18.2 Å². The lowest BCUT2D eigenvalue weighted by molar-refractivity contribution is -0.120. The standard InChI is InChI=1S/C22H17ClN2O2S/c1-13-5-3-6-15(11-13)24-20-19(18-7-4-10-28-18)21(26)25(22(20)27)16-9-8-14(2)17(23)12-16/h3-12,24H,1-2H3. The number of hydrogen-bond donors (Lipinski definition) is 1. The normalized spacial score (nSPS) is 14.2. The van der Waals surface area contributed by atoms with Crippen molar-refractivity contribution in [2.45, 2.75) is 13.8 Å². The molecule has 2 amide bonds. The predicted octanol–water partition coefficient (Wildman–Crippen LogP) is 5.41. The van der Waals surface area contributed by atoms with Crippen molar-refractivity contribution in [1.82, 2.24) is 0 Å². The summed E-state index contributed by atoms with van der Waals surface area (Å²) in [7, 11) is 0. The maximum absolute atomic E-state index is 13.3. The van der Waals surface area contributed by atoms with E-state index in [1.807, 2.05) is 55.6 Å². The molecule has 140 valence electrons. The van der Waals surface area contributed by atoms with Crippen molar-refractivity contribution in [1.29, 1.82) is 0 Å². The number of nitrogens with one attached hydrogen (secondary N) is 1. The quantitative estimate of drug-likeness (QED) is 0.587. The molecule has 1 aliphatic rings. The highest BCUT2D eigenvalue weighted by atomic mass is 35.5. The molecular formula is C22H17ClN2O2S. The Kier molecular flexibility index (Phi) is 4.79. The average Bonchev–Trinajstić information content (AvgIpc) is 3.25. The van der Waals surface area contributed by atoms with Crippen molar-refractivity contribution >= 4 is 51.7 Å². The van der Waals surface area contributed by atoms with Crippen molar-refractivity contribution < 1.29 is 9.59 Å². The van der Waals surface area contributed by atoms with Crippen LogP contribution in [-0.4, -0.2) is 11.8 Å². The number of hydrogen-bond acceptors (Lipinski definition) is 4. The van der Waals surface area contributed by atoms with E-state index >= 15 is 0 Å². The van der Waals surface area contributed by atoms with Gasteiger partial charge < -0.3 is 5.32 Å². The Morgan fingerprint density at radius 2 is 1.79 bits per heavy atom. The monoisotopic (exact) mass is 408 g/mol. The molecule has 4 rings (SSSR count). The van der Waals surface area contributed by atoms with Gasteiger partial charge in [0.25, 0.3) is 11.8 Å². The van der Waals surface area contributed by atoms with Crippen LogP contribution in [0.2, 0.25) is 5.02 Å². The van der Waals surface area contributed by atoms with Gasteiger partial charge in [0.1, 0.15) is 5.70 Å². The van der Waals surface area contributed by atoms with Gasteiger partial charge >= 0.3 is 0 Å². The summed E-state index contributed by atoms with van der Waals surface area (Å²) < 4.78 is 0. The second-order valence-electron chi connectivity index (χ2n) is 6.60. The highest BCUT2D eigenvalue weighted by molar-refractivity contribution is 7.11. The summed E-state index contributed by atoms with van der Waals surface area (Å²) in [6, 6.07) is 16.6. The SMILES string of the molecule is Cc1cccc(NC2=C(c3cccs3)C(=O)N(c3ccc(C)c(Cl)c3)C2=O)c1. The number of thiophene rings is 1. The van der Waals surface area contributed by atoms with Crippen LogP contribution in [0.3, 0.4) is 0 Å². The van der Waals surface area contributed by atoms with Gasteiger partial charge in [-0.2, -0.15) is 0 Å². The largest absolute Gasteiger partial charge is 0.350 e. The van der Waals surface area contributed by atoms with Gasteiger partial charge in [0.05, 0.1) is 11.3 Å². The van der Waals surface area contributed by atoms with E-state index in [0.29, 0.717) is 16.3 Å². The molecule has 0 saturated carbocycles. The summed E-state index contributed by atoms with van der Waals surface area (Å²) in [4.78, 5) is 28.4. The first kappa shape index (κ1) is 18.5. The smallest absolute Gasteiger partial charge is 0.282 e. The number of carbonyl (C=O) groups is 2. The summed E-state index contributed by atoms with van der Waals surface area (Å²) in [6.45, 7) is 3.85. The Labute approximate surface area is 172 Å². The van der Waals surface area contributed by atoms with Crippen LogP contribution in [0.15, 0.2) is 65.7 Å². The van der Waals surface area contributed by atoms with Gasteiger partial charge in [-0.1, -0.05) is 35.9 Å². The molecule has 0 atom stereocenters. The number of carbonyl (C=O) groups excluding carboxylic acids is 2. The fourth-order valence-electron chi connectivity index (χ4n) is 3.12. The first-order valence-electron chi connectivity index (χ1n) is 8.72. The Morgan fingerprint density at radius 1 is 0.964 bits per heavy atom. The van der Waals surface area contributed by atoms with E-state index in [0.717, 1.165) is 21.7 Å². The number of anilines is 2. The Balaban J connectivity index is 1.80. The molecule has 6 heteroatoms. The summed E-state index contributed by atoms with van der Waals surface area (Å²) in [5.41, 5.74) is 3.80. The molecule has 1 aromatic heterocycles. The van der Waals surface area contributed by atoms with Gasteiger partial charge in [-0.05, 0) is 60.7 Å². The minimum absolute atomic E-state index is 0.273. The van der Waals surface area contributed by atoms with Gasteiger partial charge in [0, 0.05) is 15.6 Å². The third-order valence-electron chi connectivity index (χ3n) is 4.55. The Bertz CT molecular complexity index is 1120. The molecule has 28 heavy (non-hydrogen) atoms. The highest BCUT2D eigenvalue weighted by Crippen LogP contribution is 2.36. The molecule has 0 radical (unpaired) electrons. The molecule has 0 spiro atoms. The van der Waals surface area contributed by atoms with Crippen LogP contribution in [0.4, 0.5) is 11.4 Å². The molecule has 0 aliphatic carbocycles. The van der Waals surface area contributed by atoms with Crippen LogP contribution in [0.25, 0.3) is 5.57 Å². The summed E-state index contributed by atoms with van der Waals surface area (Å²) in [5, 5.41) is 5.56. The number of halogens is 1. The van der Waals surface area contributed by atoms with Gasteiger partial charge in [0.2, 0.25) is 0 Å². The fraction of sp³-hybridized carbons (Fsp3) is 0.0909. The second kappa shape index (κ2) is 7.26. The van der Waals surface area contributed by atoms with Crippen molar-refractivity contribution in [3.05, 3.63) is 86.7 Å². The van der Waals surface area contributed by atoms with Gasteiger partial charge in [-0.3, -0.25) is 9.59 Å². The maximum Gasteiger partial charge on any atom is 0.282 e. The van der Waals surface area contributed by atoms with Crippen molar-refractivity contribution in [2.75, 3.05) is 10.2 Å². The third kappa shape index (κ3) is 3.23. The van der Waals surface area contributed by atoms with Crippen LogP contribution in [-0.2, 0) is 9.59 Å². The zero-order valence-corrected chi connectivity index (χ0v) is 16.9. The molecule has 0 unspecified atom stereocenters. The van der Waals surface area contributed by atoms with Gasteiger partial charge in [0.15, 0.2) is 0 Å². The number of rotatable bonds is 4. The molecule has 3 aromatic rings. The zero-order chi connectivity index (χ0) is 19.8. The van der Waals surface area contributed by atoms with E-state index < -0.39 is 5.91 Å². The molecule has 1 N–H and O–H groups in total. The first-order chi connectivity index (χ1) is 13.5. The lowest BCUT2D eigenvalue weighted by Gasteiger charge is -2.16. The summed E-state index contributed by atoms with van der Waals surface area (Å²) in [6.07, 6.45) is 0. The molecule has 0 fully saturated rings. The van der Waals surface area contributed by atoms with Crippen molar-refractivity contribution in [3.63, 3.8) is 0 Å². The molecule has 2 aromatic carbocycles. The summed E-state index contributed by atoms with van der Waals surface area (Å²) >= 11 is 7.65. The second-order valence-corrected chi connectivity index (χ2v) is 7.96. The third-order valence-corrected chi connectivity index (χ3v) is 5.85. The van der Waals surface area contributed by atoms with Crippen LogP contribution in [0.5, 0.6) is 0 Å².